The lowest BCUT2D eigenvalue weighted by molar-refractivity contribution is 0.103. The van der Waals surface area contributed by atoms with Gasteiger partial charge in [-0.3, -0.25) is 4.79 Å². The van der Waals surface area contributed by atoms with Crippen molar-refractivity contribution in [1.29, 1.82) is 0 Å². The quantitative estimate of drug-likeness (QED) is 0.363. The van der Waals surface area contributed by atoms with Crippen LogP contribution in [0.3, 0.4) is 0 Å². The Morgan fingerprint density at radius 1 is 0.944 bits per heavy atom. The summed E-state index contributed by atoms with van der Waals surface area (Å²) in [6, 6.07) is 8.18. The number of ketones is 1. The van der Waals surface area contributed by atoms with Crippen molar-refractivity contribution in [1.82, 2.24) is 0 Å². The summed E-state index contributed by atoms with van der Waals surface area (Å²) in [4.78, 5) is 12.1. The van der Waals surface area contributed by atoms with Gasteiger partial charge in [0.15, 0.2) is 5.78 Å². The van der Waals surface area contributed by atoms with Gasteiger partial charge < -0.3 is 21.7 Å². The number of nitrogens with two attached hydrogens (primary N) is 2. The Labute approximate surface area is 103 Å². The standard InChI is InChI=1S/C13H12N2O3/c14-8-3-7(4-9(15)5-8)13(18)11-6-10(16)1-2-12(11)17/h1-6,16-17H,14-15H2. The van der Waals surface area contributed by atoms with Crippen LogP contribution in [0.4, 0.5) is 11.4 Å². The molecule has 5 heteroatoms. The molecule has 0 aromatic heterocycles. The van der Waals surface area contributed by atoms with Gasteiger partial charge in [-0.15, -0.1) is 0 Å². The number of hydrogen-bond donors (Lipinski definition) is 4. The molecule has 0 aliphatic heterocycles. The van der Waals surface area contributed by atoms with E-state index in [-0.39, 0.29) is 22.6 Å². The normalized spacial score (nSPS) is 10.2. The van der Waals surface area contributed by atoms with Crippen LogP contribution in [0, 0.1) is 0 Å². The Morgan fingerprint density at radius 3 is 2.17 bits per heavy atom. The molecule has 92 valence electrons. The first-order valence-electron chi connectivity index (χ1n) is 5.20. The van der Waals surface area contributed by atoms with Crippen LogP contribution in [0.25, 0.3) is 0 Å². The molecule has 0 heterocycles. The molecular weight excluding hydrogens is 232 g/mol. The number of rotatable bonds is 2. The van der Waals surface area contributed by atoms with Gasteiger partial charge in [-0.25, -0.2) is 0 Å². The first kappa shape index (κ1) is 11.8. The average Bonchev–Trinajstić information content (AvgIpc) is 2.30. The molecule has 0 fully saturated rings. The molecule has 0 aliphatic rings. The van der Waals surface area contributed by atoms with E-state index >= 15 is 0 Å². The molecule has 2 rings (SSSR count). The number of aromatic hydroxyl groups is 2. The van der Waals surface area contributed by atoms with Gasteiger partial charge in [-0.05, 0) is 36.4 Å². The highest BCUT2D eigenvalue weighted by molar-refractivity contribution is 6.11. The zero-order valence-corrected chi connectivity index (χ0v) is 9.42. The smallest absolute Gasteiger partial charge is 0.197 e. The van der Waals surface area contributed by atoms with Crippen LogP contribution in [0.1, 0.15) is 15.9 Å². The summed E-state index contributed by atoms with van der Waals surface area (Å²) in [6.07, 6.45) is 0. The Hall–Kier alpha value is -2.69. The lowest BCUT2D eigenvalue weighted by Gasteiger charge is -2.06. The lowest BCUT2D eigenvalue weighted by atomic mass is 10.0. The summed E-state index contributed by atoms with van der Waals surface area (Å²) in [7, 11) is 0. The second kappa shape index (κ2) is 4.29. The van der Waals surface area contributed by atoms with E-state index in [1.165, 1.54) is 36.4 Å². The first-order chi connectivity index (χ1) is 8.47. The largest absolute Gasteiger partial charge is 0.508 e. The van der Waals surface area contributed by atoms with Gasteiger partial charge in [-0.1, -0.05) is 0 Å². The van der Waals surface area contributed by atoms with Gasteiger partial charge in [-0.2, -0.15) is 0 Å². The topological polar surface area (TPSA) is 110 Å². The summed E-state index contributed by atoms with van der Waals surface area (Å²) in [5, 5.41) is 18.9. The molecule has 0 amide bonds. The molecule has 0 aliphatic carbocycles. The maximum atomic E-state index is 12.1. The molecule has 0 radical (unpaired) electrons. The van der Waals surface area contributed by atoms with Crippen molar-refractivity contribution in [3.8, 4) is 11.5 Å². The number of hydrogen-bond acceptors (Lipinski definition) is 5. The van der Waals surface area contributed by atoms with E-state index in [2.05, 4.69) is 0 Å². The minimum absolute atomic E-state index is 0.000000000000000444. The molecule has 0 bridgehead atoms. The third kappa shape index (κ3) is 2.20. The molecule has 18 heavy (non-hydrogen) atoms. The van der Waals surface area contributed by atoms with Crippen LogP contribution in [-0.2, 0) is 0 Å². The fraction of sp³-hybridized carbons (Fsp3) is 0. The fourth-order valence-electron chi connectivity index (χ4n) is 1.67. The van der Waals surface area contributed by atoms with Crippen LogP contribution in [0.5, 0.6) is 11.5 Å². The van der Waals surface area contributed by atoms with Gasteiger partial charge in [0.2, 0.25) is 0 Å². The maximum absolute atomic E-state index is 12.1. The predicted molar refractivity (Wildman–Crippen MR) is 68.5 cm³/mol. The van der Waals surface area contributed by atoms with Crippen LogP contribution < -0.4 is 11.5 Å². The van der Waals surface area contributed by atoms with Crippen LogP contribution >= 0.6 is 0 Å². The minimum atomic E-state index is -0.456. The average molecular weight is 244 g/mol. The van der Waals surface area contributed by atoms with E-state index in [4.69, 9.17) is 11.5 Å². The molecule has 5 nitrogen and oxygen atoms in total. The van der Waals surface area contributed by atoms with Crippen molar-refractivity contribution in [2.24, 2.45) is 0 Å². The van der Waals surface area contributed by atoms with Gasteiger partial charge in [0.05, 0.1) is 5.56 Å². The van der Waals surface area contributed by atoms with E-state index in [1.54, 1.807) is 0 Å². The number of phenolic OH excluding ortho intramolecular Hbond substituents is 2. The van der Waals surface area contributed by atoms with Crippen LogP contribution in [0.15, 0.2) is 36.4 Å². The zero-order chi connectivity index (χ0) is 13.3. The molecule has 6 N–H and O–H groups in total. The van der Waals surface area contributed by atoms with Crippen molar-refractivity contribution in [3.63, 3.8) is 0 Å². The third-order valence-corrected chi connectivity index (χ3v) is 2.46. The lowest BCUT2D eigenvalue weighted by Crippen LogP contribution is -2.04. The highest BCUT2D eigenvalue weighted by atomic mass is 16.3. The summed E-state index contributed by atoms with van der Waals surface area (Å²) in [5.41, 5.74) is 12.2. The van der Waals surface area contributed by atoms with Crippen molar-refractivity contribution in [2.75, 3.05) is 11.5 Å². The molecule has 0 unspecified atom stereocenters. The zero-order valence-electron chi connectivity index (χ0n) is 9.42. The minimum Gasteiger partial charge on any atom is -0.508 e. The Kier molecular flexibility index (Phi) is 2.81. The molecule has 0 saturated carbocycles. The van der Waals surface area contributed by atoms with Crippen molar-refractivity contribution in [3.05, 3.63) is 47.5 Å². The van der Waals surface area contributed by atoms with Crippen molar-refractivity contribution >= 4 is 17.2 Å². The molecule has 2 aromatic rings. The number of carbonyl (C=O) groups is 1. The van der Waals surface area contributed by atoms with E-state index in [0.29, 0.717) is 11.4 Å². The van der Waals surface area contributed by atoms with Gasteiger partial charge >= 0.3 is 0 Å². The van der Waals surface area contributed by atoms with Gasteiger partial charge in [0.1, 0.15) is 11.5 Å². The molecule has 0 spiro atoms. The number of anilines is 2. The predicted octanol–water partition coefficient (Wildman–Crippen LogP) is 1.49. The van der Waals surface area contributed by atoms with Crippen molar-refractivity contribution < 1.29 is 15.0 Å². The van der Waals surface area contributed by atoms with Gasteiger partial charge in [0, 0.05) is 16.9 Å². The maximum Gasteiger partial charge on any atom is 0.197 e. The van der Waals surface area contributed by atoms with E-state index in [1.807, 2.05) is 0 Å². The highest BCUT2D eigenvalue weighted by Gasteiger charge is 2.15. The van der Waals surface area contributed by atoms with E-state index < -0.39 is 5.78 Å². The number of benzene rings is 2. The Bertz CT molecular complexity index is 603. The highest BCUT2D eigenvalue weighted by Crippen LogP contribution is 2.26. The Balaban J connectivity index is 2.51. The molecule has 0 atom stereocenters. The summed E-state index contributed by atoms with van der Waals surface area (Å²) in [6.45, 7) is 0. The molecule has 0 saturated heterocycles. The molecular formula is C13H12N2O3. The van der Waals surface area contributed by atoms with Gasteiger partial charge in [0.25, 0.3) is 0 Å². The SMILES string of the molecule is Nc1cc(N)cc(C(=O)c2cc(O)ccc2O)c1. The Morgan fingerprint density at radius 2 is 1.56 bits per heavy atom. The van der Waals surface area contributed by atoms with Crippen LogP contribution in [0.2, 0.25) is 0 Å². The number of phenols is 2. The van der Waals surface area contributed by atoms with Crippen molar-refractivity contribution in [2.45, 2.75) is 0 Å². The summed E-state index contributed by atoms with van der Waals surface area (Å²) >= 11 is 0. The van der Waals surface area contributed by atoms with E-state index in [0.717, 1.165) is 0 Å². The second-order valence-corrected chi connectivity index (χ2v) is 3.92. The third-order valence-electron chi connectivity index (χ3n) is 2.46. The van der Waals surface area contributed by atoms with Crippen LogP contribution in [-0.4, -0.2) is 16.0 Å². The monoisotopic (exact) mass is 244 g/mol. The summed E-state index contributed by atoms with van der Waals surface area (Å²) < 4.78 is 0. The summed E-state index contributed by atoms with van der Waals surface area (Å²) in [5.74, 6) is -0.769. The molecule has 2 aromatic carbocycles. The number of carbonyl (C=O) groups excluding carboxylic acids is 1. The fourth-order valence-corrected chi connectivity index (χ4v) is 1.67. The second-order valence-electron chi connectivity index (χ2n) is 3.92. The van der Waals surface area contributed by atoms with E-state index in [9.17, 15) is 15.0 Å². The number of nitrogen functional groups attached to an aromatic ring is 2. The first-order valence-corrected chi connectivity index (χ1v) is 5.20.